The first kappa shape index (κ1) is 12.9. The highest BCUT2D eigenvalue weighted by molar-refractivity contribution is 5.78. The summed E-state index contributed by atoms with van der Waals surface area (Å²) in [6.07, 6.45) is 2.19. The molecule has 2 amide bonds. The highest BCUT2D eigenvalue weighted by Crippen LogP contribution is 2.04. The predicted molar refractivity (Wildman–Crippen MR) is 60.3 cm³/mol. The molecule has 0 saturated carbocycles. The van der Waals surface area contributed by atoms with E-state index < -0.39 is 0 Å². The van der Waals surface area contributed by atoms with Crippen molar-refractivity contribution in [1.82, 2.24) is 15.2 Å². The Morgan fingerprint density at radius 2 is 2.19 bits per heavy atom. The summed E-state index contributed by atoms with van der Waals surface area (Å²) in [6.45, 7) is 3.09. The van der Waals surface area contributed by atoms with Crippen LogP contribution in [0.3, 0.4) is 0 Å². The molecule has 0 aliphatic carbocycles. The quantitative estimate of drug-likeness (QED) is 0.271. The van der Waals surface area contributed by atoms with Crippen LogP contribution >= 0.6 is 0 Å². The highest BCUT2D eigenvalue weighted by Gasteiger charge is 2.19. The van der Waals surface area contributed by atoms with Crippen LogP contribution in [-0.2, 0) is 9.59 Å². The Labute approximate surface area is 95.7 Å². The summed E-state index contributed by atoms with van der Waals surface area (Å²) in [5.41, 5.74) is 2.10. The maximum Gasteiger partial charge on any atom is 0.236 e. The molecular weight excluding hydrogens is 208 g/mol. The number of amides is 2. The second-order valence-corrected chi connectivity index (χ2v) is 4.12. The van der Waals surface area contributed by atoms with Crippen molar-refractivity contribution in [3.05, 3.63) is 0 Å². The van der Waals surface area contributed by atoms with Crippen LogP contribution in [-0.4, -0.2) is 54.8 Å². The minimum Gasteiger partial charge on any atom is -0.343 e. The number of unbranched alkanes of at least 4 members (excludes halogenated alkanes) is 1. The molecule has 1 saturated heterocycles. The first-order valence-electron chi connectivity index (χ1n) is 5.59. The van der Waals surface area contributed by atoms with Gasteiger partial charge in [0.25, 0.3) is 0 Å². The zero-order valence-corrected chi connectivity index (χ0v) is 9.74. The molecule has 6 nitrogen and oxygen atoms in total. The summed E-state index contributed by atoms with van der Waals surface area (Å²) >= 11 is 0. The molecule has 6 heteroatoms. The molecule has 1 aliphatic rings. The number of rotatable bonds is 5. The Balaban J connectivity index is 2.10. The average Bonchev–Trinajstić information content (AvgIpc) is 2.28. The van der Waals surface area contributed by atoms with E-state index in [1.807, 2.05) is 7.05 Å². The van der Waals surface area contributed by atoms with Gasteiger partial charge in [-0.3, -0.25) is 19.9 Å². The minimum absolute atomic E-state index is 0.130. The molecule has 0 aromatic rings. The summed E-state index contributed by atoms with van der Waals surface area (Å²) in [5.74, 6) is 5.01. The van der Waals surface area contributed by atoms with E-state index in [0.717, 1.165) is 32.5 Å². The third-order valence-corrected chi connectivity index (χ3v) is 2.83. The van der Waals surface area contributed by atoms with Crippen molar-refractivity contribution >= 4 is 11.8 Å². The van der Waals surface area contributed by atoms with E-state index in [1.165, 1.54) is 0 Å². The molecule has 92 valence electrons. The Bertz CT molecular complexity index is 257. The molecule has 1 fully saturated rings. The molecule has 0 radical (unpaired) electrons. The van der Waals surface area contributed by atoms with E-state index >= 15 is 0 Å². The van der Waals surface area contributed by atoms with E-state index in [2.05, 4.69) is 10.3 Å². The zero-order chi connectivity index (χ0) is 12.0. The fraction of sp³-hybridized carbons (Fsp3) is 0.800. The highest BCUT2D eigenvalue weighted by atomic mass is 16.2. The normalized spacial score (nSPS) is 17.6. The maximum absolute atomic E-state index is 11.4. The lowest BCUT2D eigenvalue weighted by Crippen LogP contribution is -2.48. The van der Waals surface area contributed by atoms with Crippen molar-refractivity contribution < 1.29 is 9.59 Å². The van der Waals surface area contributed by atoms with Crippen LogP contribution < -0.4 is 11.3 Å². The van der Waals surface area contributed by atoms with Crippen LogP contribution in [0.5, 0.6) is 0 Å². The van der Waals surface area contributed by atoms with Gasteiger partial charge >= 0.3 is 0 Å². The monoisotopic (exact) mass is 228 g/mol. The van der Waals surface area contributed by atoms with E-state index in [0.29, 0.717) is 13.0 Å². The molecule has 0 atom stereocenters. The third kappa shape index (κ3) is 4.16. The van der Waals surface area contributed by atoms with Crippen molar-refractivity contribution in [2.45, 2.75) is 19.3 Å². The van der Waals surface area contributed by atoms with Gasteiger partial charge in [0, 0.05) is 26.6 Å². The van der Waals surface area contributed by atoms with Gasteiger partial charge in [0.15, 0.2) is 0 Å². The van der Waals surface area contributed by atoms with Crippen LogP contribution in [0.2, 0.25) is 0 Å². The predicted octanol–water partition coefficient (Wildman–Crippen LogP) is -1.08. The van der Waals surface area contributed by atoms with Gasteiger partial charge in [0.1, 0.15) is 0 Å². The number of piperazine rings is 1. The fourth-order valence-corrected chi connectivity index (χ4v) is 1.69. The molecule has 0 bridgehead atoms. The van der Waals surface area contributed by atoms with Crippen molar-refractivity contribution in [2.75, 3.05) is 33.2 Å². The molecule has 1 rings (SSSR count). The zero-order valence-electron chi connectivity index (χ0n) is 9.74. The summed E-state index contributed by atoms with van der Waals surface area (Å²) in [7, 11) is 1.82. The first-order valence-corrected chi connectivity index (χ1v) is 5.59. The van der Waals surface area contributed by atoms with E-state index in [4.69, 9.17) is 5.84 Å². The minimum atomic E-state index is -0.130. The fourth-order valence-electron chi connectivity index (χ4n) is 1.69. The lowest BCUT2D eigenvalue weighted by Gasteiger charge is -2.31. The molecule has 1 aliphatic heterocycles. The van der Waals surface area contributed by atoms with Crippen molar-refractivity contribution in [2.24, 2.45) is 5.84 Å². The van der Waals surface area contributed by atoms with Crippen LogP contribution in [0.1, 0.15) is 19.3 Å². The largest absolute Gasteiger partial charge is 0.343 e. The Kier molecular flexibility index (Phi) is 5.21. The molecule has 3 N–H and O–H groups in total. The number of hydrazine groups is 1. The summed E-state index contributed by atoms with van der Waals surface area (Å²) in [6, 6.07) is 0. The lowest BCUT2D eigenvalue weighted by atomic mass is 10.2. The first-order chi connectivity index (χ1) is 7.63. The Morgan fingerprint density at radius 3 is 2.81 bits per heavy atom. The van der Waals surface area contributed by atoms with Gasteiger partial charge in [-0.1, -0.05) is 0 Å². The average molecular weight is 228 g/mol. The van der Waals surface area contributed by atoms with Gasteiger partial charge in [-0.15, -0.1) is 0 Å². The Morgan fingerprint density at radius 1 is 1.44 bits per heavy atom. The number of nitrogens with two attached hydrogens (primary N) is 1. The topological polar surface area (TPSA) is 78.7 Å². The molecule has 0 aromatic carbocycles. The second kappa shape index (κ2) is 6.44. The number of likely N-dealkylation sites (N-methyl/N-ethyl adjacent to an activating group) is 1. The Hall–Kier alpha value is -1.14. The number of carbonyl (C=O) groups excluding carboxylic acids is 2. The number of nitrogens with zero attached hydrogens (tertiary/aromatic N) is 2. The molecule has 0 aromatic heterocycles. The standard InChI is InChI=1S/C10H20N4O2/c1-13-6-7-14(8-10(13)16)5-3-2-4-9(15)12-11/h2-8,11H2,1H3,(H,12,15). The van der Waals surface area contributed by atoms with E-state index in [1.54, 1.807) is 4.90 Å². The second-order valence-electron chi connectivity index (χ2n) is 4.12. The van der Waals surface area contributed by atoms with Gasteiger partial charge in [-0.25, -0.2) is 5.84 Å². The summed E-state index contributed by atoms with van der Waals surface area (Å²) in [4.78, 5) is 26.1. The van der Waals surface area contributed by atoms with E-state index in [-0.39, 0.29) is 11.8 Å². The number of carbonyl (C=O) groups is 2. The number of hydrogen-bond donors (Lipinski definition) is 2. The van der Waals surface area contributed by atoms with Gasteiger partial charge in [0.05, 0.1) is 6.54 Å². The summed E-state index contributed by atoms with van der Waals surface area (Å²) < 4.78 is 0. The van der Waals surface area contributed by atoms with Crippen LogP contribution in [0, 0.1) is 0 Å². The van der Waals surface area contributed by atoms with E-state index in [9.17, 15) is 9.59 Å². The van der Waals surface area contributed by atoms with Gasteiger partial charge < -0.3 is 4.90 Å². The maximum atomic E-state index is 11.4. The number of hydrogen-bond acceptors (Lipinski definition) is 4. The lowest BCUT2D eigenvalue weighted by molar-refractivity contribution is -0.134. The molecule has 1 heterocycles. The smallest absolute Gasteiger partial charge is 0.236 e. The van der Waals surface area contributed by atoms with Crippen molar-refractivity contribution in [3.8, 4) is 0 Å². The molecule has 0 spiro atoms. The number of nitrogens with one attached hydrogen (secondary N) is 1. The van der Waals surface area contributed by atoms with Gasteiger partial charge in [-0.05, 0) is 19.4 Å². The van der Waals surface area contributed by atoms with Gasteiger partial charge in [0.2, 0.25) is 11.8 Å². The molecule has 0 unspecified atom stereocenters. The summed E-state index contributed by atoms with van der Waals surface area (Å²) in [5, 5.41) is 0. The molecule has 16 heavy (non-hydrogen) atoms. The van der Waals surface area contributed by atoms with Crippen LogP contribution in [0.4, 0.5) is 0 Å². The third-order valence-electron chi connectivity index (χ3n) is 2.83. The van der Waals surface area contributed by atoms with Crippen LogP contribution in [0.25, 0.3) is 0 Å². The SMILES string of the molecule is CN1CCN(CCCCC(=O)NN)CC1=O. The molecular formula is C10H20N4O2. The van der Waals surface area contributed by atoms with Crippen LogP contribution in [0.15, 0.2) is 0 Å². The van der Waals surface area contributed by atoms with Gasteiger partial charge in [-0.2, -0.15) is 0 Å². The van der Waals surface area contributed by atoms with Crippen molar-refractivity contribution in [1.29, 1.82) is 0 Å². The van der Waals surface area contributed by atoms with Crippen molar-refractivity contribution in [3.63, 3.8) is 0 Å².